The fraction of sp³-hybridized carbons (Fsp3) is 0.259. The zero-order valence-corrected chi connectivity index (χ0v) is 19.9. The number of carbonyl (C=O) groups is 1. The maximum atomic E-state index is 14.2. The molecule has 0 spiro atoms. The number of nitrogens with zero attached hydrogens (tertiary/aromatic N) is 5. The maximum Gasteiger partial charge on any atom is 0.269 e. The molecule has 0 bridgehead atoms. The van der Waals surface area contributed by atoms with Gasteiger partial charge >= 0.3 is 0 Å². The monoisotopic (exact) mass is 487 g/mol. The van der Waals surface area contributed by atoms with Crippen LogP contribution in [0.1, 0.15) is 29.3 Å². The number of nitro benzene ring substituents is 1. The molecule has 1 unspecified atom stereocenters. The molecule has 184 valence electrons. The number of fused-ring (bicyclic) bond motifs is 1. The fourth-order valence-corrected chi connectivity index (χ4v) is 4.90. The number of nitro groups is 1. The number of non-ortho nitro benzene ring substituents is 1. The summed E-state index contributed by atoms with van der Waals surface area (Å²) >= 11 is 0. The van der Waals surface area contributed by atoms with E-state index in [-0.39, 0.29) is 29.8 Å². The van der Waals surface area contributed by atoms with Gasteiger partial charge in [0.2, 0.25) is 5.91 Å². The number of aryl methyl sites for hydroxylation is 1. The molecule has 0 radical (unpaired) electrons. The highest BCUT2D eigenvalue weighted by atomic mass is 19.1. The zero-order valence-electron chi connectivity index (χ0n) is 19.9. The molecule has 3 heterocycles. The first kappa shape index (κ1) is 23.5. The second-order valence-corrected chi connectivity index (χ2v) is 9.00. The minimum absolute atomic E-state index is 0.00357. The molecular formula is C27H26FN5O3. The molecule has 36 heavy (non-hydrogen) atoms. The molecule has 1 amide bonds. The summed E-state index contributed by atoms with van der Waals surface area (Å²) in [7, 11) is 0. The SMILES string of the molecule is Cc1cccc2ncc(C(CC(=O)N3CCN(c4ccc([N+](=O)[O-])cc4)CC3)c3cccc(F)c3)n12. The highest BCUT2D eigenvalue weighted by Gasteiger charge is 2.28. The number of hydrogen-bond donors (Lipinski definition) is 0. The standard InChI is InChI=1S/C27H26FN5O3/c1-19-4-2-7-26-29-18-25(32(19)26)24(20-5-3-6-21(28)16-20)17-27(34)31-14-12-30(13-15-31)22-8-10-23(11-9-22)33(35)36/h2-11,16,18,24H,12-15,17H2,1H3. The summed E-state index contributed by atoms with van der Waals surface area (Å²) in [6.45, 7) is 4.32. The van der Waals surface area contributed by atoms with Gasteiger partial charge in [-0.25, -0.2) is 9.37 Å². The molecule has 8 nitrogen and oxygen atoms in total. The second-order valence-electron chi connectivity index (χ2n) is 9.00. The number of halogens is 1. The molecule has 9 heteroatoms. The molecule has 1 fully saturated rings. The van der Waals surface area contributed by atoms with Gasteiger partial charge in [0.15, 0.2) is 0 Å². The summed E-state index contributed by atoms with van der Waals surface area (Å²) in [4.78, 5) is 32.4. The summed E-state index contributed by atoms with van der Waals surface area (Å²) in [5.41, 5.74) is 4.32. The number of benzene rings is 2. The molecule has 4 aromatic rings. The van der Waals surface area contributed by atoms with Crippen LogP contribution in [0, 0.1) is 22.9 Å². The van der Waals surface area contributed by atoms with Crippen LogP contribution in [0.25, 0.3) is 5.65 Å². The number of amides is 1. The number of rotatable bonds is 6. The smallest absolute Gasteiger partial charge is 0.269 e. The Morgan fingerprint density at radius 1 is 1.06 bits per heavy atom. The van der Waals surface area contributed by atoms with Crippen LogP contribution >= 0.6 is 0 Å². The number of hydrogen-bond acceptors (Lipinski definition) is 5. The lowest BCUT2D eigenvalue weighted by Crippen LogP contribution is -2.49. The summed E-state index contributed by atoms with van der Waals surface area (Å²) in [6.07, 6.45) is 1.97. The third-order valence-corrected chi connectivity index (χ3v) is 6.80. The van der Waals surface area contributed by atoms with Crippen LogP contribution in [-0.4, -0.2) is 51.3 Å². The predicted molar refractivity (Wildman–Crippen MR) is 135 cm³/mol. The first-order valence-corrected chi connectivity index (χ1v) is 11.9. The van der Waals surface area contributed by atoms with Crippen molar-refractivity contribution in [1.29, 1.82) is 0 Å². The van der Waals surface area contributed by atoms with E-state index in [4.69, 9.17) is 0 Å². The Morgan fingerprint density at radius 2 is 1.78 bits per heavy atom. The topological polar surface area (TPSA) is 84.0 Å². The lowest BCUT2D eigenvalue weighted by molar-refractivity contribution is -0.384. The van der Waals surface area contributed by atoms with Gasteiger partial charge in [-0.15, -0.1) is 0 Å². The van der Waals surface area contributed by atoms with Crippen molar-refractivity contribution in [2.24, 2.45) is 0 Å². The van der Waals surface area contributed by atoms with Gasteiger partial charge in [-0.3, -0.25) is 14.9 Å². The van der Waals surface area contributed by atoms with E-state index >= 15 is 0 Å². The van der Waals surface area contributed by atoms with Gasteiger partial charge < -0.3 is 14.2 Å². The van der Waals surface area contributed by atoms with Gasteiger partial charge in [0, 0.05) is 68.2 Å². The lowest BCUT2D eigenvalue weighted by Gasteiger charge is -2.36. The third-order valence-electron chi connectivity index (χ3n) is 6.80. The van der Waals surface area contributed by atoms with E-state index in [1.807, 2.05) is 40.5 Å². The molecular weight excluding hydrogens is 461 g/mol. The number of aromatic nitrogens is 2. The van der Waals surface area contributed by atoms with Crippen molar-refractivity contribution in [3.05, 3.63) is 106 Å². The largest absolute Gasteiger partial charge is 0.368 e. The maximum absolute atomic E-state index is 14.2. The first-order chi connectivity index (χ1) is 17.4. The zero-order chi connectivity index (χ0) is 25.2. The van der Waals surface area contributed by atoms with E-state index in [2.05, 4.69) is 9.88 Å². The summed E-state index contributed by atoms with van der Waals surface area (Å²) in [5.74, 6) is -0.694. The third kappa shape index (κ3) is 4.64. The number of pyridine rings is 1. The minimum atomic E-state index is -0.416. The summed E-state index contributed by atoms with van der Waals surface area (Å²) in [6, 6.07) is 18.7. The van der Waals surface area contributed by atoms with Crippen molar-refractivity contribution < 1.29 is 14.1 Å². The highest BCUT2D eigenvalue weighted by Crippen LogP contribution is 2.31. The number of carbonyl (C=O) groups excluding carboxylic acids is 1. The van der Waals surface area contributed by atoms with E-state index in [1.165, 1.54) is 24.3 Å². The van der Waals surface area contributed by atoms with Crippen molar-refractivity contribution in [1.82, 2.24) is 14.3 Å². The number of anilines is 1. The Kier molecular flexibility index (Phi) is 6.37. The summed E-state index contributed by atoms with van der Waals surface area (Å²) in [5, 5.41) is 10.9. The lowest BCUT2D eigenvalue weighted by atomic mass is 9.91. The Morgan fingerprint density at radius 3 is 2.47 bits per heavy atom. The van der Waals surface area contributed by atoms with Gasteiger partial charge in [-0.1, -0.05) is 18.2 Å². The van der Waals surface area contributed by atoms with E-state index in [0.29, 0.717) is 26.2 Å². The van der Waals surface area contributed by atoms with Crippen LogP contribution in [-0.2, 0) is 4.79 Å². The minimum Gasteiger partial charge on any atom is -0.368 e. The Bertz CT molecular complexity index is 1410. The van der Waals surface area contributed by atoms with Gasteiger partial charge in [0.1, 0.15) is 11.5 Å². The van der Waals surface area contributed by atoms with Crippen molar-refractivity contribution >= 4 is 22.9 Å². The average Bonchev–Trinajstić information content (AvgIpc) is 3.32. The predicted octanol–water partition coefficient (Wildman–Crippen LogP) is 4.56. The normalized spacial score (nSPS) is 14.7. The molecule has 1 saturated heterocycles. The number of piperazine rings is 1. The Balaban J connectivity index is 1.34. The van der Waals surface area contributed by atoms with Crippen LogP contribution in [0.3, 0.4) is 0 Å². The van der Waals surface area contributed by atoms with Gasteiger partial charge in [0.25, 0.3) is 5.69 Å². The van der Waals surface area contributed by atoms with Gasteiger partial charge in [-0.05, 0) is 48.9 Å². The molecule has 1 aliphatic rings. The molecule has 1 atom stereocenters. The molecule has 0 N–H and O–H groups in total. The van der Waals surface area contributed by atoms with Crippen molar-refractivity contribution in [2.45, 2.75) is 19.3 Å². The molecule has 5 rings (SSSR count). The molecule has 2 aromatic carbocycles. The van der Waals surface area contributed by atoms with Crippen LogP contribution in [0.5, 0.6) is 0 Å². The second kappa shape index (κ2) is 9.77. The van der Waals surface area contributed by atoms with Crippen LogP contribution < -0.4 is 4.90 Å². The van der Waals surface area contributed by atoms with Crippen LogP contribution in [0.15, 0.2) is 72.9 Å². The summed E-state index contributed by atoms with van der Waals surface area (Å²) < 4.78 is 16.2. The van der Waals surface area contributed by atoms with Crippen LogP contribution in [0.4, 0.5) is 15.8 Å². The first-order valence-electron chi connectivity index (χ1n) is 11.9. The highest BCUT2D eigenvalue weighted by molar-refractivity contribution is 5.78. The van der Waals surface area contributed by atoms with Crippen molar-refractivity contribution in [3.8, 4) is 0 Å². The molecule has 1 aliphatic heterocycles. The van der Waals surface area contributed by atoms with Crippen molar-refractivity contribution in [3.63, 3.8) is 0 Å². The molecule has 0 aliphatic carbocycles. The molecule has 2 aromatic heterocycles. The van der Waals surface area contributed by atoms with Crippen LogP contribution in [0.2, 0.25) is 0 Å². The quantitative estimate of drug-likeness (QED) is 0.294. The van der Waals surface area contributed by atoms with E-state index in [0.717, 1.165) is 28.3 Å². The van der Waals surface area contributed by atoms with Crippen molar-refractivity contribution in [2.75, 3.05) is 31.1 Å². The van der Waals surface area contributed by atoms with Gasteiger partial charge in [-0.2, -0.15) is 0 Å². The Hall–Kier alpha value is -4.27. The van der Waals surface area contributed by atoms with E-state index < -0.39 is 4.92 Å². The molecule has 0 saturated carbocycles. The van der Waals surface area contributed by atoms with E-state index in [9.17, 15) is 19.3 Å². The fourth-order valence-electron chi connectivity index (χ4n) is 4.90. The Labute approximate surface area is 207 Å². The van der Waals surface area contributed by atoms with Gasteiger partial charge in [0.05, 0.1) is 10.6 Å². The number of imidazole rings is 1. The van der Waals surface area contributed by atoms with E-state index in [1.54, 1.807) is 24.4 Å². The average molecular weight is 488 g/mol.